The average Bonchev–Trinajstić information content (AvgIpc) is 2.48. The third kappa shape index (κ3) is 4.19. The van der Waals surface area contributed by atoms with E-state index in [4.69, 9.17) is 9.47 Å². The van der Waals surface area contributed by atoms with Crippen molar-refractivity contribution in [1.82, 2.24) is 0 Å². The van der Waals surface area contributed by atoms with Crippen molar-refractivity contribution in [3.63, 3.8) is 0 Å². The van der Waals surface area contributed by atoms with E-state index in [-0.39, 0.29) is 0 Å². The lowest BCUT2D eigenvalue weighted by atomic mass is 9.79. The minimum atomic E-state index is -4.97. The highest BCUT2D eigenvalue weighted by molar-refractivity contribution is 6.73. The maximum absolute atomic E-state index is 12.6. The summed E-state index contributed by atoms with van der Waals surface area (Å²) >= 11 is 0. The number of rotatable bonds is 6. The maximum atomic E-state index is 12.6. The lowest BCUT2D eigenvalue weighted by Crippen LogP contribution is -2.34. The second-order valence-corrected chi connectivity index (χ2v) is 5.05. The quantitative estimate of drug-likeness (QED) is 0.758. The van der Waals surface area contributed by atoms with Crippen LogP contribution in [0.3, 0.4) is 0 Å². The molecule has 0 bridgehead atoms. The van der Waals surface area contributed by atoms with Crippen molar-refractivity contribution >= 4 is 12.4 Å². The van der Waals surface area contributed by atoms with Crippen LogP contribution in [0.25, 0.3) is 0 Å². The van der Waals surface area contributed by atoms with Crippen LogP contribution in [0.4, 0.5) is 12.9 Å². The maximum Gasteiger partial charge on any atom is 0.509 e. The van der Waals surface area contributed by atoms with E-state index in [2.05, 4.69) is 0 Å². The first-order valence-electron chi connectivity index (χ1n) is 6.96. The number of ether oxygens (including phenoxy) is 2. The summed E-state index contributed by atoms with van der Waals surface area (Å²) in [6, 6.07) is 11.2. The van der Waals surface area contributed by atoms with Crippen LogP contribution >= 0.6 is 0 Å². The predicted molar refractivity (Wildman–Crippen MR) is 82.1 cm³/mol. The molecule has 0 heterocycles. The summed E-state index contributed by atoms with van der Waals surface area (Å²) in [5.41, 5.74) is 0.972. The van der Waals surface area contributed by atoms with Crippen molar-refractivity contribution in [3.8, 4) is 11.5 Å². The van der Waals surface area contributed by atoms with E-state index in [1.807, 2.05) is 24.3 Å². The molecule has 0 atom stereocenters. The van der Waals surface area contributed by atoms with Crippen molar-refractivity contribution in [2.75, 3.05) is 13.7 Å². The average molecular weight is 309 g/mol. The second kappa shape index (κ2) is 6.77. The van der Waals surface area contributed by atoms with Crippen LogP contribution in [-0.4, -0.2) is 20.7 Å². The zero-order chi connectivity index (χ0) is 16.2. The summed E-state index contributed by atoms with van der Waals surface area (Å²) in [7, 11) is 1.60. The van der Waals surface area contributed by atoms with Crippen LogP contribution in [0.1, 0.15) is 11.1 Å². The summed E-state index contributed by atoms with van der Waals surface area (Å²) in [4.78, 5) is 0. The Kier molecular flexibility index (Phi) is 5.01. The number of benzene rings is 2. The van der Waals surface area contributed by atoms with Gasteiger partial charge in [0.15, 0.2) is 0 Å². The van der Waals surface area contributed by atoms with Crippen LogP contribution in [0, 0.1) is 6.92 Å². The standard InChI is InChI=1S/C16H17BF3O2/c1-12-11-14(17(18,19)20)5-8-16(12)22-10-9-13-3-6-15(21-2)7-4-13/h3-8,11H,9-10H2,1-2H3/q-1. The summed E-state index contributed by atoms with van der Waals surface area (Å²) in [5, 5.41) is 0. The number of methoxy groups -OCH3 is 1. The fourth-order valence-corrected chi connectivity index (χ4v) is 2.11. The highest BCUT2D eigenvalue weighted by atomic mass is 19.4. The van der Waals surface area contributed by atoms with Gasteiger partial charge in [-0.25, -0.2) is 0 Å². The number of halogens is 3. The van der Waals surface area contributed by atoms with E-state index in [0.29, 0.717) is 24.3 Å². The van der Waals surface area contributed by atoms with Gasteiger partial charge in [-0.15, -0.1) is 5.46 Å². The summed E-state index contributed by atoms with van der Waals surface area (Å²) in [6.45, 7) is -2.94. The Morgan fingerprint density at radius 2 is 1.68 bits per heavy atom. The molecule has 0 unspecified atom stereocenters. The largest absolute Gasteiger partial charge is 0.509 e. The molecular formula is C16H17BF3O2-. The molecule has 0 saturated carbocycles. The Hall–Kier alpha value is -2.11. The summed E-state index contributed by atoms with van der Waals surface area (Å²) < 4.78 is 48.6. The molecular weight excluding hydrogens is 292 g/mol. The molecule has 2 rings (SSSR count). The van der Waals surface area contributed by atoms with E-state index in [9.17, 15) is 12.9 Å². The minimum Gasteiger partial charge on any atom is -0.497 e. The van der Waals surface area contributed by atoms with Gasteiger partial charge in [0.2, 0.25) is 0 Å². The van der Waals surface area contributed by atoms with Crippen molar-refractivity contribution in [2.45, 2.75) is 13.3 Å². The molecule has 0 aliphatic heterocycles. The van der Waals surface area contributed by atoms with Gasteiger partial charge in [0.1, 0.15) is 11.5 Å². The monoisotopic (exact) mass is 309 g/mol. The Morgan fingerprint density at radius 1 is 1.00 bits per heavy atom. The van der Waals surface area contributed by atoms with E-state index in [0.717, 1.165) is 23.4 Å². The van der Waals surface area contributed by atoms with E-state index >= 15 is 0 Å². The smallest absolute Gasteiger partial charge is 0.497 e. The number of hydrogen-bond acceptors (Lipinski definition) is 2. The van der Waals surface area contributed by atoms with Gasteiger partial charge in [0.25, 0.3) is 0 Å². The molecule has 0 amide bonds. The van der Waals surface area contributed by atoms with Crippen LogP contribution in [0.2, 0.25) is 0 Å². The summed E-state index contributed by atoms with van der Waals surface area (Å²) in [5.74, 6) is 1.27. The van der Waals surface area contributed by atoms with Gasteiger partial charge >= 0.3 is 6.98 Å². The molecule has 0 saturated heterocycles. The highest BCUT2D eigenvalue weighted by Gasteiger charge is 2.25. The van der Waals surface area contributed by atoms with E-state index in [1.165, 1.54) is 6.07 Å². The Morgan fingerprint density at radius 3 is 2.23 bits per heavy atom. The first-order valence-corrected chi connectivity index (χ1v) is 6.96. The molecule has 118 valence electrons. The van der Waals surface area contributed by atoms with Crippen molar-refractivity contribution in [2.24, 2.45) is 0 Å². The lowest BCUT2D eigenvalue weighted by Gasteiger charge is -2.17. The molecule has 22 heavy (non-hydrogen) atoms. The SMILES string of the molecule is COc1ccc(CCOc2ccc([B-](F)(F)F)cc2C)cc1. The Labute approximate surface area is 127 Å². The lowest BCUT2D eigenvalue weighted by molar-refractivity contribution is 0.319. The molecule has 0 N–H and O–H groups in total. The predicted octanol–water partition coefficient (Wildman–Crippen LogP) is 3.68. The van der Waals surface area contributed by atoms with Gasteiger partial charge in [0, 0.05) is 6.42 Å². The third-order valence-electron chi connectivity index (χ3n) is 3.38. The zero-order valence-corrected chi connectivity index (χ0v) is 12.5. The first-order chi connectivity index (χ1) is 10.4. The minimum absolute atomic E-state index is 0.406. The second-order valence-electron chi connectivity index (χ2n) is 5.05. The van der Waals surface area contributed by atoms with Crippen molar-refractivity contribution < 1.29 is 22.4 Å². The van der Waals surface area contributed by atoms with E-state index < -0.39 is 12.4 Å². The number of aryl methyl sites for hydroxylation is 1. The molecule has 0 radical (unpaired) electrons. The number of hydrogen-bond donors (Lipinski definition) is 0. The molecule has 2 nitrogen and oxygen atoms in total. The van der Waals surface area contributed by atoms with Crippen molar-refractivity contribution in [1.29, 1.82) is 0 Å². The van der Waals surface area contributed by atoms with Crippen LogP contribution < -0.4 is 14.9 Å². The third-order valence-corrected chi connectivity index (χ3v) is 3.38. The van der Waals surface area contributed by atoms with Gasteiger partial charge < -0.3 is 22.4 Å². The normalized spacial score (nSPS) is 11.3. The van der Waals surface area contributed by atoms with Gasteiger partial charge in [-0.2, -0.15) is 0 Å². The fourth-order valence-electron chi connectivity index (χ4n) is 2.11. The molecule has 2 aromatic carbocycles. The van der Waals surface area contributed by atoms with Gasteiger partial charge in [0.05, 0.1) is 13.7 Å². The van der Waals surface area contributed by atoms with Crippen LogP contribution in [0.15, 0.2) is 42.5 Å². The molecule has 2 aromatic rings. The summed E-state index contributed by atoms with van der Waals surface area (Å²) in [6.07, 6.45) is 0.675. The molecule has 0 fully saturated rings. The van der Waals surface area contributed by atoms with Crippen LogP contribution in [-0.2, 0) is 6.42 Å². The topological polar surface area (TPSA) is 18.5 Å². The zero-order valence-electron chi connectivity index (χ0n) is 12.5. The molecule has 0 aliphatic carbocycles. The van der Waals surface area contributed by atoms with Gasteiger partial charge in [-0.3, -0.25) is 0 Å². The molecule has 0 aliphatic rings. The Balaban J connectivity index is 1.94. The molecule has 6 heteroatoms. The van der Waals surface area contributed by atoms with Gasteiger partial charge in [-0.1, -0.05) is 24.3 Å². The van der Waals surface area contributed by atoms with E-state index in [1.54, 1.807) is 14.0 Å². The van der Waals surface area contributed by atoms with Gasteiger partial charge in [-0.05, 0) is 36.2 Å². The highest BCUT2D eigenvalue weighted by Crippen LogP contribution is 2.19. The Bertz CT molecular complexity index is 624. The van der Waals surface area contributed by atoms with Crippen LogP contribution in [0.5, 0.6) is 11.5 Å². The van der Waals surface area contributed by atoms with Crippen molar-refractivity contribution in [3.05, 3.63) is 53.6 Å². The first kappa shape index (κ1) is 16.3. The fraction of sp³-hybridized carbons (Fsp3) is 0.250. The molecule has 0 aromatic heterocycles. The molecule has 0 spiro atoms.